The molecule has 7 nitrogen and oxygen atoms in total. The molecule has 3 aromatic heterocycles. The minimum absolute atomic E-state index is 0.0860. The number of amides is 1. The van der Waals surface area contributed by atoms with Crippen molar-refractivity contribution >= 4 is 61.5 Å². The Labute approximate surface area is 197 Å². The third kappa shape index (κ3) is 3.99. The standard InChI is InChI=1S/C22H23N3O4S3/c1-29-21(28)17-12-7-3-5-9-14(12)32-20(17)23-15(26)10-30-22-24-18(27)16-11-6-2-4-8-13(11)31-19(16)25-22/h2-10H2,1H3,(H,23,26)(H,24,25,27). The van der Waals surface area contributed by atoms with Crippen molar-refractivity contribution in [1.29, 1.82) is 0 Å². The van der Waals surface area contributed by atoms with E-state index in [1.807, 2.05) is 0 Å². The third-order valence-corrected chi connectivity index (χ3v) is 9.22. The summed E-state index contributed by atoms with van der Waals surface area (Å²) in [7, 11) is 1.36. The fourth-order valence-electron chi connectivity index (χ4n) is 4.48. The average Bonchev–Trinajstić information content (AvgIpc) is 3.35. The summed E-state index contributed by atoms with van der Waals surface area (Å²) in [6.07, 6.45) is 8.07. The van der Waals surface area contributed by atoms with Crippen molar-refractivity contribution < 1.29 is 14.3 Å². The minimum atomic E-state index is -0.412. The Balaban J connectivity index is 1.32. The second-order valence-corrected chi connectivity index (χ2v) is 11.2. The number of carbonyl (C=O) groups excluding carboxylic acids is 2. The fourth-order valence-corrected chi connectivity index (χ4v) is 7.76. The first kappa shape index (κ1) is 21.7. The number of H-pyrrole nitrogens is 1. The molecule has 2 aliphatic carbocycles. The molecule has 5 rings (SSSR count). The van der Waals surface area contributed by atoms with Gasteiger partial charge in [-0.05, 0) is 62.5 Å². The quantitative estimate of drug-likeness (QED) is 0.314. The number of fused-ring (bicyclic) bond motifs is 4. The van der Waals surface area contributed by atoms with Crippen molar-refractivity contribution in [3.05, 3.63) is 36.8 Å². The molecule has 0 spiro atoms. The number of carbonyl (C=O) groups is 2. The van der Waals surface area contributed by atoms with Gasteiger partial charge >= 0.3 is 5.97 Å². The van der Waals surface area contributed by atoms with Crippen LogP contribution in [0.1, 0.15) is 56.9 Å². The van der Waals surface area contributed by atoms with Gasteiger partial charge in [0.15, 0.2) is 5.16 Å². The van der Waals surface area contributed by atoms with Crippen LogP contribution in [-0.4, -0.2) is 34.7 Å². The molecule has 0 fully saturated rings. The van der Waals surface area contributed by atoms with Gasteiger partial charge < -0.3 is 15.0 Å². The molecule has 0 atom stereocenters. The van der Waals surface area contributed by atoms with Gasteiger partial charge in [0, 0.05) is 9.75 Å². The number of thiophene rings is 2. The third-order valence-electron chi connectivity index (χ3n) is 5.96. The van der Waals surface area contributed by atoms with E-state index in [1.54, 1.807) is 11.3 Å². The summed E-state index contributed by atoms with van der Waals surface area (Å²) in [5, 5.41) is 4.59. The molecule has 2 N–H and O–H groups in total. The van der Waals surface area contributed by atoms with E-state index in [1.165, 1.54) is 35.1 Å². The van der Waals surface area contributed by atoms with E-state index in [4.69, 9.17) is 4.74 Å². The Morgan fingerprint density at radius 2 is 1.75 bits per heavy atom. The highest BCUT2D eigenvalue weighted by Gasteiger charge is 2.27. The zero-order chi connectivity index (χ0) is 22.2. The molecule has 3 heterocycles. The molecule has 32 heavy (non-hydrogen) atoms. The van der Waals surface area contributed by atoms with Gasteiger partial charge in [0.2, 0.25) is 5.91 Å². The first-order chi connectivity index (χ1) is 15.5. The number of aromatic amines is 1. The summed E-state index contributed by atoms with van der Waals surface area (Å²) in [5.41, 5.74) is 2.52. The lowest BCUT2D eigenvalue weighted by Gasteiger charge is -2.11. The second-order valence-electron chi connectivity index (χ2n) is 8.01. The number of nitrogens with one attached hydrogen (secondary N) is 2. The highest BCUT2D eigenvalue weighted by atomic mass is 32.2. The Kier molecular flexibility index (Phi) is 6.09. The molecule has 0 saturated carbocycles. The molecule has 2 aliphatic rings. The molecule has 3 aromatic rings. The summed E-state index contributed by atoms with van der Waals surface area (Å²) < 4.78 is 4.96. The van der Waals surface area contributed by atoms with Crippen LogP contribution >= 0.6 is 34.4 Å². The topological polar surface area (TPSA) is 101 Å². The first-order valence-corrected chi connectivity index (χ1v) is 13.4. The van der Waals surface area contributed by atoms with Crippen LogP contribution in [-0.2, 0) is 35.2 Å². The molecule has 0 aliphatic heterocycles. The Morgan fingerprint density at radius 3 is 2.50 bits per heavy atom. The van der Waals surface area contributed by atoms with Crippen LogP contribution < -0.4 is 10.9 Å². The largest absolute Gasteiger partial charge is 0.465 e. The van der Waals surface area contributed by atoms with E-state index < -0.39 is 5.97 Å². The van der Waals surface area contributed by atoms with Gasteiger partial charge in [-0.2, -0.15) is 0 Å². The van der Waals surface area contributed by atoms with Crippen molar-refractivity contribution in [3.8, 4) is 0 Å². The average molecular weight is 490 g/mol. The lowest BCUT2D eigenvalue weighted by molar-refractivity contribution is -0.113. The molecule has 0 unspecified atom stereocenters. The highest BCUT2D eigenvalue weighted by molar-refractivity contribution is 7.99. The molecule has 1 amide bonds. The zero-order valence-electron chi connectivity index (χ0n) is 17.7. The summed E-state index contributed by atoms with van der Waals surface area (Å²) in [6.45, 7) is 0. The molecular formula is C22H23N3O4S3. The van der Waals surface area contributed by atoms with Gasteiger partial charge in [-0.25, -0.2) is 9.78 Å². The van der Waals surface area contributed by atoms with Gasteiger partial charge in [0.1, 0.15) is 9.83 Å². The predicted molar refractivity (Wildman–Crippen MR) is 129 cm³/mol. The molecule has 0 bridgehead atoms. The number of anilines is 1. The van der Waals surface area contributed by atoms with Gasteiger partial charge in [-0.1, -0.05) is 11.8 Å². The number of hydrogen-bond acceptors (Lipinski definition) is 8. The number of aromatic nitrogens is 2. The summed E-state index contributed by atoms with van der Waals surface area (Å²) in [6, 6.07) is 0. The maximum Gasteiger partial charge on any atom is 0.341 e. The summed E-state index contributed by atoms with van der Waals surface area (Å²) in [5.74, 6) is -0.569. The molecule has 0 saturated heterocycles. The summed E-state index contributed by atoms with van der Waals surface area (Å²) in [4.78, 5) is 48.3. The van der Waals surface area contributed by atoms with E-state index in [9.17, 15) is 14.4 Å². The Bertz CT molecular complexity index is 1270. The SMILES string of the molecule is COC(=O)c1c(NC(=O)CSc2nc3sc4c(c3c(=O)[nH]2)CCCC4)sc2c1CCCC2. The van der Waals surface area contributed by atoms with Crippen LogP contribution in [0.2, 0.25) is 0 Å². The Hall–Kier alpha value is -2.17. The monoisotopic (exact) mass is 489 g/mol. The lowest BCUT2D eigenvalue weighted by atomic mass is 9.95. The zero-order valence-corrected chi connectivity index (χ0v) is 20.1. The van der Waals surface area contributed by atoms with Crippen molar-refractivity contribution in [1.82, 2.24) is 9.97 Å². The highest BCUT2D eigenvalue weighted by Crippen LogP contribution is 2.39. The number of aryl methyl sites for hydroxylation is 3. The number of rotatable bonds is 5. The van der Waals surface area contributed by atoms with Crippen molar-refractivity contribution in [3.63, 3.8) is 0 Å². The first-order valence-electron chi connectivity index (χ1n) is 10.7. The van der Waals surface area contributed by atoms with E-state index >= 15 is 0 Å². The molecule has 168 valence electrons. The van der Waals surface area contributed by atoms with Crippen molar-refractivity contribution in [2.75, 3.05) is 18.2 Å². The van der Waals surface area contributed by atoms with Gasteiger partial charge in [0.05, 0.1) is 23.8 Å². The smallest absolute Gasteiger partial charge is 0.341 e. The van der Waals surface area contributed by atoms with E-state index in [0.717, 1.165) is 72.2 Å². The van der Waals surface area contributed by atoms with Crippen molar-refractivity contribution in [2.45, 2.75) is 56.5 Å². The Morgan fingerprint density at radius 1 is 1.06 bits per heavy atom. The number of ether oxygens (including phenoxy) is 1. The molecular weight excluding hydrogens is 466 g/mol. The number of hydrogen-bond donors (Lipinski definition) is 2. The number of methoxy groups -OCH3 is 1. The van der Waals surface area contributed by atoms with Crippen LogP contribution in [0.25, 0.3) is 10.2 Å². The van der Waals surface area contributed by atoms with E-state index in [-0.39, 0.29) is 17.2 Å². The van der Waals surface area contributed by atoms with E-state index in [0.29, 0.717) is 21.1 Å². The normalized spacial score (nSPS) is 15.3. The van der Waals surface area contributed by atoms with Crippen molar-refractivity contribution in [2.24, 2.45) is 0 Å². The second kappa shape index (κ2) is 8.99. The summed E-state index contributed by atoms with van der Waals surface area (Å²) >= 11 is 4.25. The number of thioether (sulfide) groups is 1. The van der Waals surface area contributed by atoms with Gasteiger partial charge in [-0.15, -0.1) is 22.7 Å². The van der Waals surface area contributed by atoms with Crippen LogP contribution in [0.15, 0.2) is 9.95 Å². The molecule has 0 aromatic carbocycles. The van der Waals surface area contributed by atoms with Crippen LogP contribution in [0.5, 0.6) is 0 Å². The molecule has 10 heteroatoms. The van der Waals surface area contributed by atoms with Crippen LogP contribution in [0.4, 0.5) is 5.00 Å². The van der Waals surface area contributed by atoms with Crippen LogP contribution in [0.3, 0.4) is 0 Å². The van der Waals surface area contributed by atoms with Gasteiger partial charge in [-0.3, -0.25) is 9.59 Å². The maximum absolute atomic E-state index is 12.7. The van der Waals surface area contributed by atoms with Crippen LogP contribution in [0, 0.1) is 0 Å². The van der Waals surface area contributed by atoms with E-state index in [2.05, 4.69) is 15.3 Å². The maximum atomic E-state index is 12.7. The minimum Gasteiger partial charge on any atom is -0.465 e. The number of esters is 1. The fraction of sp³-hybridized carbons (Fsp3) is 0.455. The van der Waals surface area contributed by atoms with Gasteiger partial charge in [0.25, 0.3) is 5.56 Å². The number of nitrogens with zero attached hydrogens (tertiary/aromatic N) is 1. The predicted octanol–water partition coefficient (Wildman–Crippen LogP) is 4.32. The lowest BCUT2D eigenvalue weighted by Crippen LogP contribution is -2.17. The molecule has 0 radical (unpaired) electrons.